The maximum Gasteiger partial charge on any atom is 0.0701 e. The molecule has 0 unspecified atom stereocenters. The van der Waals surface area contributed by atoms with E-state index >= 15 is 0 Å². The number of hydrogen-bond acceptors (Lipinski definition) is 3. The highest BCUT2D eigenvalue weighted by Crippen LogP contribution is 2.27. The number of aliphatic hydroxyl groups excluding tert-OH is 1. The van der Waals surface area contributed by atoms with E-state index in [0.717, 1.165) is 12.5 Å². The van der Waals surface area contributed by atoms with Crippen molar-refractivity contribution in [3.8, 4) is 0 Å². The second-order valence-corrected chi connectivity index (χ2v) is 3.89. The van der Waals surface area contributed by atoms with Crippen molar-refractivity contribution in [2.75, 3.05) is 33.0 Å². The molecule has 3 nitrogen and oxygen atoms in total. The van der Waals surface area contributed by atoms with E-state index in [-0.39, 0.29) is 6.61 Å². The molecule has 1 fully saturated rings. The van der Waals surface area contributed by atoms with Gasteiger partial charge in [0, 0.05) is 6.61 Å². The highest BCUT2D eigenvalue weighted by molar-refractivity contribution is 4.66. The summed E-state index contributed by atoms with van der Waals surface area (Å²) in [6.07, 6.45) is 6.81. The molecule has 84 valence electrons. The second kappa shape index (κ2) is 8.21. The molecular formula is C11H22O3. The molecular weight excluding hydrogens is 180 g/mol. The van der Waals surface area contributed by atoms with Crippen molar-refractivity contribution in [3.05, 3.63) is 0 Å². The summed E-state index contributed by atoms with van der Waals surface area (Å²) >= 11 is 0. The van der Waals surface area contributed by atoms with Crippen molar-refractivity contribution in [2.45, 2.75) is 32.1 Å². The van der Waals surface area contributed by atoms with Gasteiger partial charge in [-0.1, -0.05) is 25.7 Å². The number of ether oxygens (including phenoxy) is 2. The minimum absolute atomic E-state index is 0.0993. The molecule has 0 radical (unpaired) electrons. The average Bonchev–Trinajstić information content (AvgIpc) is 2.69. The second-order valence-electron chi connectivity index (χ2n) is 3.89. The molecule has 3 heteroatoms. The van der Waals surface area contributed by atoms with Crippen molar-refractivity contribution in [3.63, 3.8) is 0 Å². The molecule has 0 heterocycles. The Balaban J connectivity index is 1.75. The van der Waals surface area contributed by atoms with Crippen LogP contribution in [0.3, 0.4) is 0 Å². The monoisotopic (exact) mass is 202 g/mol. The van der Waals surface area contributed by atoms with E-state index in [1.165, 1.54) is 32.1 Å². The van der Waals surface area contributed by atoms with Gasteiger partial charge < -0.3 is 14.6 Å². The van der Waals surface area contributed by atoms with E-state index in [4.69, 9.17) is 14.6 Å². The van der Waals surface area contributed by atoms with Gasteiger partial charge in [-0.2, -0.15) is 0 Å². The lowest BCUT2D eigenvalue weighted by Gasteiger charge is -2.09. The van der Waals surface area contributed by atoms with Crippen LogP contribution in [0.5, 0.6) is 0 Å². The first-order chi connectivity index (χ1) is 6.93. The average molecular weight is 202 g/mol. The predicted octanol–water partition coefficient (Wildman–Crippen LogP) is 1.59. The largest absolute Gasteiger partial charge is 0.394 e. The fourth-order valence-corrected chi connectivity index (χ4v) is 1.94. The summed E-state index contributed by atoms with van der Waals surface area (Å²) in [5, 5.41) is 8.45. The van der Waals surface area contributed by atoms with Gasteiger partial charge >= 0.3 is 0 Å². The molecule has 1 N–H and O–H groups in total. The quantitative estimate of drug-likeness (QED) is 0.607. The van der Waals surface area contributed by atoms with Crippen LogP contribution in [0.25, 0.3) is 0 Å². The minimum Gasteiger partial charge on any atom is -0.394 e. The third-order valence-electron chi connectivity index (χ3n) is 2.75. The first-order valence-corrected chi connectivity index (χ1v) is 5.70. The molecule has 0 spiro atoms. The topological polar surface area (TPSA) is 38.7 Å². The van der Waals surface area contributed by atoms with E-state index in [0.29, 0.717) is 19.8 Å². The molecule has 0 aromatic heterocycles. The van der Waals surface area contributed by atoms with E-state index in [9.17, 15) is 0 Å². The zero-order valence-corrected chi connectivity index (χ0v) is 8.91. The summed E-state index contributed by atoms with van der Waals surface area (Å²) < 4.78 is 10.5. The normalized spacial score (nSPS) is 17.8. The van der Waals surface area contributed by atoms with Gasteiger partial charge in [-0.25, -0.2) is 0 Å². The highest BCUT2D eigenvalue weighted by Gasteiger charge is 2.13. The molecule has 1 aliphatic carbocycles. The first-order valence-electron chi connectivity index (χ1n) is 5.70. The standard InChI is InChI=1S/C11H22O3/c12-6-8-14-10-9-13-7-5-11-3-1-2-4-11/h11-12H,1-10H2. The van der Waals surface area contributed by atoms with Gasteiger partial charge in [-0.15, -0.1) is 0 Å². The maximum absolute atomic E-state index is 8.45. The van der Waals surface area contributed by atoms with Crippen molar-refractivity contribution in [1.29, 1.82) is 0 Å². The summed E-state index contributed by atoms with van der Waals surface area (Å²) in [5.74, 6) is 0.911. The van der Waals surface area contributed by atoms with Crippen molar-refractivity contribution < 1.29 is 14.6 Å². The van der Waals surface area contributed by atoms with Crippen LogP contribution in [0.15, 0.2) is 0 Å². The lowest BCUT2D eigenvalue weighted by molar-refractivity contribution is 0.0296. The van der Waals surface area contributed by atoms with Crippen LogP contribution in [-0.2, 0) is 9.47 Å². The third-order valence-corrected chi connectivity index (χ3v) is 2.75. The molecule has 0 bridgehead atoms. The first kappa shape index (κ1) is 12.0. The predicted molar refractivity (Wildman–Crippen MR) is 55.3 cm³/mol. The number of hydrogen-bond donors (Lipinski definition) is 1. The zero-order chi connectivity index (χ0) is 10.1. The Kier molecular flexibility index (Phi) is 7.01. The number of aliphatic hydroxyl groups is 1. The van der Waals surface area contributed by atoms with Gasteiger partial charge in [0.2, 0.25) is 0 Å². The van der Waals surface area contributed by atoms with E-state index in [1.54, 1.807) is 0 Å². The minimum atomic E-state index is 0.0993. The van der Waals surface area contributed by atoms with Crippen molar-refractivity contribution in [1.82, 2.24) is 0 Å². The van der Waals surface area contributed by atoms with Gasteiger partial charge in [0.1, 0.15) is 0 Å². The number of rotatable bonds is 8. The summed E-state index contributed by atoms with van der Waals surface area (Å²) in [5.41, 5.74) is 0. The SMILES string of the molecule is OCCOCCOCCC1CCCC1. The Morgan fingerprint density at radius 1 is 0.929 bits per heavy atom. The molecule has 1 aliphatic rings. The lowest BCUT2D eigenvalue weighted by Crippen LogP contribution is -2.09. The van der Waals surface area contributed by atoms with Crippen LogP contribution in [0.1, 0.15) is 32.1 Å². The molecule has 0 atom stereocenters. The van der Waals surface area contributed by atoms with Crippen molar-refractivity contribution in [2.24, 2.45) is 5.92 Å². The fraction of sp³-hybridized carbons (Fsp3) is 1.00. The summed E-state index contributed by atoms with van der Waals surface area (Å²) in [6, 6.07) is 0. The zero-order valence-electron chi connectivity index (χ0n) is 8.91. The molecule has 0 aromatic rings. The third kappa shape index (κ3) is 5.58. The Morgan fingerprint density at radius 2 is 1.57 bits per heavy atom. The van der Waals surface area contributed by atoms with Gasteiger partial charge in [-0.05, 0) is 12.3 Å². The maximum atomic E-state index is 8.45. The van der Waals surface area contributed by atoms with Crippen LogP contribution >= 0.6 is 0 Å². The molecule has 1 saturated carbocycles. The van der Waals surface area contributed by atoms with Gasteiger partial charge in [0.05, 0.1) is 26.4 Å². The smallest absolute Gasteiger partial charge is 0.0701 e. The fourth-order valence-electron chi connectivity index (χ4n) is 1.94. The Morgan fingerprint density at radius 3 is 2.21 bits per heavy atom. The molecule has 0 amide bonds. The van der Waals surface area contributed by atoms with E-state index in [1.807, 2.05) is 0 Å². The van der Waals surface area contributed by atoms with Crippen LogP contribution in [0.2, 0.25) is 0 Å². The van der Waals surface area contributed by atoms with Crippen LogP contribution in [0, 0.1) is 5.92 Å². The molecule has 1 rings (SSSR count). The Labute approximate surface area is 86.4 Å². The van der Waals surface area contributed by atoms with Crippen LogP contribution in [0.4, 0.5) is 0 Å². The highest BCUT2D eigenvalue weighted by atomic mass is 16.5. The molecule has 0 aliphatic heterocycles. The van der Waals surface area contributed by atoms with Crippen molar-refractivity contribution >= 4 is 0 Å². The van der Waals surface area contributed by atoms with Gasteiger partial charge in [-0.3, -0.25) is 0 Å². The Bertz CT molecular complexity index is 122. The molecule has 0 saturated heterocycles. The summed E-state index contributed by atoms with van der Waals surface area (Å²) in [4.78, 5) is 0. The lowest BCUT2D eigenvalue weighted by atomic mass is 10.1. The summed E-state index contributed by atoms with van der Waals surface area (Å²) in [7, 11) is 0. The molecule has 0 aromatic carbocycles. The summed E-state index contributed by atoms with van der Waals surface area (Å²) in [6.45, 7) is 2.65. The van der Waals surface area contributed by atoms with Gasteiger partial charge in [0.15, 0.2) is 0 Å². The van der Waals surface area contributed by atoms with Crippen LogP contribution in [-0.4, -0.2) is 38.1 Å². The molecule has 14 heavy (non-hydrogen) atoms. The van der Waals surface area contributed by atoms with Gasteiger partial charge in [0.25, 0.3) is 0 Å². The van der Waals surface area contributed by atoms with E-state index in [2.05, 4.69) is 0 Å². The van der Waals surface area contributed by atoms with Crippen LogP contribution < -0.4 is 0 Å². The Hall–Kier alpha value is -0.120. The van der Waals surface area contributed by atoms with E-state index < -0.39 is 0 Å².